The van der Waals surface area contributed by atoms with E-state index in [-0.39, 0.29) is 12.1 Å². The molecule has 5 atom stereocenters. The molecule has 3 heterocycles. The summed E-state index contributed by atoms with van der Waals surface area (Å²) in [4.78, 5) is 26.6. The van der Waals surface area contributed by atoms with E-state index in [1.165, 1.54) is 6.07 Å². The quantitative estimate of drug-likeness (QED) is 0.753. The van der Waals surface area contributed by atoms with Crippen LogP contribution in [-0.4, -0.2) is 34.2 Å². The molecule has 3 aliphatic rings. The predicted octanol–water partition coefficient (Wildman–Crippen LogP) is 1.99. The largest absolute Gasteiger partial charge is 0.417 e. The standard InChI is InChI=1S/C18H15F3N2O4/c1-16-6-11(24)17(2,27-16)13-12(16)14(25)23(15(13)26)9-4-3-8(7-22)10(5-9)18(19,20)21/h3-5,11-13,24H,6H2,1-2H3/t11-,12-,13?,16+,17-/m0/s1. The number of nitrogens with zero attached hydrogens (tertiary/aromatic N) is 2. The summed E-state index contributed by atoms with van der Waals surface area (Å²) in [5, 5.41) is 19.2. The van der Waals surface area contributed by atoms with Crippen molar-refractivity contribution in [3.63, 3.8) is 0 Å². The zero-order valence-corrected chi connectivity index (χ0v) is 14.4. The monoisotopic (exact) mass is 380 g/mol. The summed E-state index contributed by atoms with van der Waals surface area (Å²) in [5.74, 6) is -3.19. The van der Waals surface area contributed by atoms with Gasteiger partial charge in [0, 0.05) is 6.42 Å². The molecule has 3 saturated heterocycles. The maximum absolute atomic E-state index is 13.2. The summed E-state index contributed by atoms with van der Waals surface area (Å²) < 4.78 is 45.6. The number of aliphatic hydroxyl groups is 1. The molecular formula is C18H15F3N2O4. The topological polar surface area (TPSA) is 90.6 Å². The van der Waals surface area contributed by atoms with Gasteiger partial charge in [0.15, 0.2) is 0 Å². The summed E-state index contributed by atoms with van der Waals surface area (Å²) in [6.45, 7) is 3.17. The number of imide groups is 1. The predicted molar refractivity (Wildman–Crippen MR) is 84.2 cm³/mol. The second-order valence-corrected chi connectivity index (χ2v) is 7.63. The fourth-order valence-electron chi connectivity index (χ4n) is 4.78. The number of hydrogen-bond acceptors (Lipinski definition) is 5. The minimum atomic E-state index is -4.81. The van der Waals surface area contributed by atoms with Crippen molar-refractivity contribution in [2.45, 2.75) is 43.8 Å². The Kier molecular flexibility index (Phi) is 3.38. The van der Waals surface area contributed by atoms with E-state index in [1.54, 1.807) is 13.8 Å². The van der Waals surface area contributed by atoms with Gasteiger partial charge in [0.05, 0.1) is 46.4 Å². The maximum atomic E-state index is 13.2. The number of fused-ring (bicyclic) bond motifs is 5. The Labute approximate surface area is 152 Å². The Morgan fingerprint density at radius 2 is 1.89 bits per heavy atom. The van der Waals surface area contributed by atoms with Gasteiger partial charge in [-0.1, -0.05) is 0 Å². The van der Waals surface area contributed by atoms with Crippen LogP contribution in [-0.2, 0) is 20.5 Å². The number of carbonyl (C=O) groups is 2. The van der Waals surface area contributed by atoms with E-state index in [2.05, 4.69) is 0 Å². The van der Waals surface area contributed by atoms with Crippen LogP contribution < -0.4 is 4.90 Å². The van der Waals surface area contributed by atoms with Gasteiger partial charge in [-0.3, -0.25) is 9.59 Å². The lowest BCUT2D eigenvalue weighted by Crippen LogP contribution is -2.49. The Morgan fingerprint density at radius 3 is 2.48 bits per heavy atom. The summed E-state index contributed by atoms with van der Waals surface area (Å²) >= 11 is 0. The molecule has 3 fully saturated rings. The van der Waals surface area contributed by atoms with Crippen molar-refractivity contribution in [2.24, 2.45) is 11.8 Å². The van der Waals surface area contributed by atoms with Crippen LogP contribution in [0.5, 0.6) is 0 Å². The van der Waals surface area contributed by atoms with Gasteiger partial charge in [0.2, 0.25) is 11.8 Å². The SMILES string of the molecule is C[C@]12C[C@H](O)[C@](C)(O1)C1C(=O)N(c3ccc(C#N)c(C(F)(F)F)c3)C(=O)[C@H]12. The van der Waals surface area contributed by atoms with Crippen LogP contribution in [0.3, 0.4) is 0 Å². The number of ether oxygens (including phenoxy) is 1. The minimum absolute atomic E-state index is 0.165. The fraction of sp³-hybridized carbons (Fsp3) is 0.500. The van der Waals surface area contributed by atoms with Crippen LogP contribution in [0.25, 0.3) is 0 Å². The molecule has 1 aromatic rings. The highest BCUT2D eigenvalue weighted by molar-refractivity contribution is 6.23. The van der Waals surface area contributed by atoms with Crippen LogP contribution in [0, 0.1) is 23.2 Å². The Bertz CT molecular complexity index is 924. The molecule has 0 spiro atoms. The second-order valence-electron chi connectivity index (χ2n) is 7.63. The number of alkyl halides is 3. The molecule has 0 aliphatic carbocycles. The summed E-state index contributed by atoms with van der Waals surface area (Å²) in [6.07, 6.45) is -5.59. The molecule has 142 valence electrons. The number of halogens is 3. The van der Waals surface area contributed by atoms with Crippen molar-refractivity contribution >= 4 is 17.5 Å². The number of carbonyl (C=O) groups excluding carboxylic acids is 2. The Hall–Kier alpha value is -2.44. The zero-order chi connectivity index (χ0) is 19.9. The van der Waals surface area contributed by atoms with E-state index in [4.69, 9.17) is 10.00 Å². The summed E-state index contributed by atoms with van der Waals surface area (Å²) in [5.41, 5.74) is -4.37. The number of benzene rings is 1. The number of aliphatic hydroxyl groups excluding tert-OH is 1. The lowest BCUT2D eigenvalue weighted by molar-refractivity contribution is -0.138. The first kappa shape index (κ1) is 17.9. The van der Waals surface area contributed by atoms with Crippen molar-refractivity contribution in [1.82, 2.24) is 0 Å². The number of anilines is 1. The van der Waals surface area contributed by atoms with Gasteiger partial charge < -0.3 is 9.84 Å². The first-order valence-electron chi connectivity index (χ1n) is 8.31. The molecule has 0 aromatic heterocycles. The average Bonchev–Trinajstić information content (AvgIpc) is 3.07. The number of hydrogen-bond donors (Lipinski definition) is 1. The third-order valence-electron chi connectivity index (χ3n) is 5.98. The molecule has 2 amide bonds. The maximum Gasteiger partial charge on any atom is 0.417 e. The van der Waals surface area contributed by atoms with E-state index in [9.17, 15) is 27.9 Å². The molecule has 2 bridgehead atoms. The molecule has 4 rings (SSSR count). The molecule has 3 aliphatic heterocycles. The van der Waals surface area contributed by atoms with Crippen LogP contribution in [0.2, 0.25) is 0 Å². The molecule has 1 unspecified atom stereocenters. The van der Waals surface area contributed by atoms with E-state index < -0.39 is 58.3 Å². The Morgan fingerprint density at radius 1 is 1.26 bits per heavy atom. The molecular weight excluding hydrogens is 365 g/mol. The summed E-state index contributed by atoms with van der Waals surface area (Å²) in [7, 11) is 0. The van der Waals surface area contributed by atoms with Gasteiger partial charge in [-0.2, -0.15) is 18.4 Å². The van der Waals surface area contributed by atoms with E-state index >= 15 is 0 Å². The molecule has 1 aromatic carbocycles. The lowest BCUT2D eigenvalue weighted by atomic mass is 9.67. The highest BCUT2D eigenvalue weighted by atomic mass is 19.4. The highest BCUT2D eigenvalue weighted by Crippen LogP contribution is 2.61. The van der Waals surface area contributed by atoms with Gasteiger partial charge in [-0.15, -0.1) is 0 Å². The van der Waals surface area contributed by atoms with Gasteiger partial charge in [0.25, 0.3) is 0 Å². The third-order valence-corrected chi connectivity index (χ3v) is 5.98. The Balaban J connectivity index is 1.81. The third kappa shape index (κ3) is 2.14. The average molecular weight is 380 g/mol. The first-order valence-corrected chi connectivity index (χ1v) is 8.31. The van der Waals surface area contributed by atoms with Crippen LogP contribution in [0.1, 0.15) is 31.4 Å². The van der Waals surface area contributed by atoms with E-state index in [1.807, 2.05) is 0 Å². The highest BCUT2D eigenvalue weighted by Gasteiger charge is 2.75. The molecule has 6 nitrogen and oxygen atoms in total. The molecule has 0 radical (unpaired) electrons. The van der Waals surface area contributed by atoms with Crippen LogP contribution in [0.15, 0.2) is 18.2 Å². The zero-order valence-electron chi connectivity index (χ0n) is 14.4. The van der Waals surface area contributed by atoms with Gasteiger partial charge in [-0.05, 0) is 32.0 Å². The van der Waals surface area contributed by atoms with Gasteiger partial charge >= 0.3 is 6.18 Å². The van der Waals surface area contributed by atoms with Gasteiger partial charge in [0.1, 0.15) is 5.60 Å². The molecule has 27 heavy (non-hydrogen) atoms. The van der Waals surface area contributed by atoms with Crippen molar-refractivity contribution < 1.29 is 32.6 Å². The number of nitriles is 1. The smallest absolute Gasteiger partial charge is 0.390 e. The van der Waals surface area contributed by atoms with Crippen molar-refractivity contribution in [2.75, 3.05) is 4.90 Å². The summed E-state index contributed by atoms with van der Waals surface area (Å²) in [6, 6.07) is 4.19. The van der Waals surface area contributed by atoms with E-state index in [0.717, 1.165) is 17.0 Å². The first-order chi connectivity index (χ1) is 12.4. The van der Waals surface area contributed by atoms with E-state index in [0.29, 0.717) is 6.07 Å². The number of rotatable bonds is 1. The molecule has 1 N–H and O–H groups in total. The normalized spacial score (nSPS) is 37.7. The lowest BCUT2D eigenvalue weighted by Gasteiger charge is -2.31. The van der Waals surface area contributed by atoms with Crippen LogP contribution in [0.4, 0.5) is 18.9 Å². The second kappa shape index (κ2) is 5.09. The van der Waals surface area contributed by atoms with Crippen LogP contribution >= 0.6 is 0 Å². The number of amides is 2. The molecule has 9 heteroatoms. The fourth-order valence-corrected chi connectivity index (χ4v) is 4.78. The minimum Gasteiger partial charge on any atom is -0.390 e. The molecule has 0 saturated carbocycles. The van der Waals surface area contributed by atoms with Crippen molar-refractivity contribution in [1.29, 1.82) is 5.26 Å². The van der Waals surface area contributed by atoms with Gasteiger partial charge in [-0.25, -0.2) is 4.90 Å². The van der Waals surface area contributed by atoms with Crippen molar-refractivity contribution in [3.05, 3.63) is 29.3 Å². The van der Waals surface area contributed by atoms with Crippen molar-refractivity contribution in [3.8, 4) is 6.07 Å².